The average molecular weight is 381 g/mol. The van der Waals surface area contributed by atoms with E-state index in [1.54, 1.807) is 12.1 Å². The van der Waals surface area contributed by atoms with Crippen LogP contribution in [-0.2, 0) is 30.8 Å². The Labute approximate surface area is 153 Å². The number of ether oxygens (including phenoxy) is 1. The third-order valence-corrected chi connectivity index (χ3v) is 6.53. The van der Waals surface area contributed by atoms with Crippen molar-refractivity contribution in [2.75, 3.05) is 37.7 Å². The van der Waals surface area contributed by atoms with Crippen LogP contribution < -0.4 is 10.2 Å². The lowest BCUT2D eigenvalue weighted by Crippen LogP contribution is -2.47. The van der Waals surface area contributed by atoms with E-state index in [4.69, 9.17) is 4.74 Å². The maximum absolute atomic E-state index is 12.8. The lowest BCUT2D eigenvalue weighted by Gasteiger charge is -2.26. The zero-order chi connectivity index (χ0) is 18.9. The number of likely N-dealkylation sites (N-methyl/N-ethyl adjacent to an activating group) is 1. The van der Waals surface area contributed by atoms with Gasteiger partial charge in [-0.05, 0) is 30.7 Å². The van der Waals surface area contributed by atoms with Gasteiger partial charge in [-0.1, -0.05) is 0 Å². The Bertz CT molecular complexity index is 818. The zero-order valence-corrected chi connectivity index (χ0v) is 15.7. The van der Waals surface area contributed by atoms with E-state index in [2.05, 4.69) is 5.32 Å². The molecule has 0 saturated carbocycles. The summed E-state index contributed by atoms with van der Waals surface area (Å²) < 4.78 is 32.3. The molecule has 0 spiro atoms. The zero-order valence-electron chi connectivity index (χ0n) is 14.9. The van der Waals surface area contributed by atoms with Gasteiger partial charge >= 0.3 is 0 Å². The summed E-state index contributed by atoms with van der Waals surface area (Å²) in [6, 6.07) is 4.04. The van der Waals surface area contributed by atoms with Gasteiger partial charge in [0.15, 0.2) is 0 Å². The molecule has 1 unspecified atom stereocenters. The van der Waals surface area contributed by atoms with Crippen LogP contribution in [-0.4, -0.2) is 63.4 Å². The quantitative estimate of drug-likeness (QED) is 0.799. The van der Waals surface area contributed by atoms with Crippen molar-refractivity contribution in [1.82, 2.24) is 9.62 Å². The van der Waals surface area contributed by atoms with Crippen LogP contribution >= 0.6 is 0 Å². The highest BCUT2D eigenvalue weighted by atomic mass is 32.2. The Morgan fingerprint density at radius 1 is 1.27 bits per heavy atom. The number of fused-ring (bicyclic) bond motifs is 1. The van der Waals surface area contributed by atoms with E-state index in [0.29, 0.717) is 50.5 Å². The highest BCUT2D eigenvalue weighted by Gasteiger charge is 2.38. The molecule has 1 saturated heterocycles. The van der Waals surface area contributed by atoms with Crippen LogP contribution in [0, 0.1) is 0 Å². The molecule has 0 aromatic heterocycles. The summed E-state index contributed by atoms with van der Waals surface area (Å²) in [7, 11) is -3.62. The summed E-state index contributed by atoms with van der Waals surface area (Å²) in [4.78, 5) is 26.0. The van der Waals surface area contributed by atoms with Crippen LogP contribution in [0.15, 0.2) is 23.1 Å². The summed E-state index contributed by atoms with van der Waals surface area (Å²) in [5.74, 6) is -0.486. The molecule has 1 atom stereocenters. The van der Waals surface area contributed by atoms with Gasteiger partial charge < -0.3 is 10.1 Å². The van der Waals surface area contributed by atoms with Gasteiger partial charge in [0.25, 0.3) is 0 Å². The van der Waals surface area contributed by atoms with Gasteiger partial charge in [-0.3, -0.25) is 14.5 Å². The monoisotopic (exact) mass is 381 g/mol. The summed E-state index contributed by atoms with van der Waals surface area (Å²) >= 11 is 0. The molecule has 1 aromatic carbocycles. The van der Waals surface area contributed by atoms with Crippen LogP contribution in [0.3, 0.4) is 0 Å². The first-order valence-corrected chi connectivity index (χ1v) is 10.1. The minimum absolute atomic E-state index is 0.179. The molecule has 2 aliphatic rings. The van der Waals surface area contributed by atoms with Gasteiger partial charge in [-0.25, -0.2) is 8.42 Å². The number of morpholine rings is 1. The van der Waals surface area contributed by atoms with Crippen LogP contribution in [0.5, 0.6) is 0 Å². The molecule has 3 rings (SSSR count). The molecule has 26 heavy (non-hydrogen) atoms. The number of nitrogens with one attached hydrogen (secondary N) is 1. The summed E-state index contributed by atoms with van der Waals surface area (Å²) in [6.07, 6.45) is 0.299. The number of sulfonamides is 1. The van der Waals surface area contributed by atoms with E-state index in [9.17, 15) is 18.0 Å². The summed E-state index contributed by atoms with van der Waals surface area (Å²) in [5.41, 5.74) is 1.28. The predicted octanol–water partition coefficient (Wildman–Crippen LogP) is 0.121. The average Bonchev–Trinajstić information content (AvgIpc) is 3.01. The fraction of sp³-hybridized carbons (Fsp3) is 0.529. The molecule has 142 valence electrons. The smallest absolute Gasteiger partial charge is 0.243 e. The Morgan fingerprint density at radius 3 is 2.58 bits per heavy atom. The van der Waals surface area contributed by atoms with Crippen LogP contribution in [0.1, 0.15) is 19.4 Å². The van der Waals surface area contributed by atoms with Gasteiger partial charge in [0.05, 0.1) is 18.1 Å². The summed E-state index contributed by atoms with van der Waals surface area (Å²) in [6.45, 7) is 5.07. The molecule has 2 aliphatic heterocycles. The topological polar surface area (TPSA) is 96.0 Å². The van der Waals surface area contributed by atoms with Crippen molar-refractivity contribution < 1.29 is 22.7 Å². The molecule has 2 heterocycles. The van der Waals surface area contributed by atoms with Crippen LogP contribution in [0.2, 0.25) is 0 Å². The second-order valence-electron chi connectivity index (χ2n) is 6.31. The van der Waals surface area contributed by atoms with Crippen LogP contribution in [0.25, 0.3) is 0 Å². The minimum atomic E-state index is -3.62. The number of carbonyl (C=O) groups is 2. The number of benzene rings is 1. The Balaban J connectivity index is 1.93. The molecule has 0 aliphatic carbocycles. The van der Waals surface area contributed by atoms with Crippen molar-refractivity contribution in [3.8, 4) is 0 Å². The van der Waals surface area contributed by atoms with Crippen molar-refractivity contribution in [3.05, 3.63) is 23.8 Å². The molecule has 0 radical (unpaired) electrons. The van der Waals surface area contributed by atoms with E-state index in [0.717, 1.165) is 0 Å². The summed E-state index contributed by atoms with van der Waals surface area (Å²) in [5, 5.41) is 2.73. The third kappa shape index (κ3) is 3.34. The first-order chi connectivity index (χ1) is 12.4. The number of hydrogen-bond acceptors (Lipinski definition) is 5. The maximum atomic E-state index is 12.8. The molecule has 8 nitrogen and oxygen atoms in total. The number of nitrogens with zero attached hydrogens (tertiary/aromatic N) is 2. The number of rotatable bonds is 4. The van der Waals surface area contributed by atoms with Crippen LogP contribution in [0.4, 0.5) is 5.69 Å². The maximum Gasteiger partial charge on any atom is 0.243 e. The first-order valence-electron chi connectivity index (χ1n) is 8.64. The van der Waals surface area contributed by atoms with Gasteiger partial charge in [-0.2, -0.15) is 4.31 Å². The van der Waals surface area contributed by atoms with E-state index in [1.807, 2.05) is 6.92 Å². The second-order valence-corrected chi connectivity index (χ2v) is 8.25. The van der Waals surface area contributed by atoms with Crippen molar-refractivity contribution in [2.45, 2.75) is 31.2 Å². The molecule has 2 amide bonds. The highest BCUT2D eigenvalue weighted by Crippen LogP contribution is 2.35. The normalized spacial score (nSPS) is 20.7. The van der Waals surface area contributed by atoms with E-state index in [-0.39, 0.29) is 16.7 Å². The lowest BCUT2D eigenvalue weighted by atomic mass is 10.1. The second kappa shape index (κ2) is 7.34. The SMILES string of the molecule is CCNC(=O)C1Cc2cc(S(=O)(=O)N3CCOCC3)ccc2N1C(C)=O. The molecule has 9 heteroatoms. The Hall–Kier alpha value is -1.97. The molecular formula is C17H23N3O5S. The van der Waals surface area contributed by atoms with Crippen molar-refractivity contribution in [1.29, 1.82) is 0 Å². The number of carbonyl (C=O) groups excluding carboxylic acids is 2. The van der Waals surface area contributed by atoms with E-state index in [1.165, 1.54) is 22.2 Å². The van der Waals surface area contributed by atoms with Gasteiger partial charge in [-0.15, -0.1) is 0 Å². The minimum Gasteiger partial charge on any atom is -0.379 e. The standard InChI is InChI=1S/C17H23N3O5S/c1-3-18-17(22)16-11-13-10-14(4-5-15(13)20(16)12(2)21)26(23,24)19-6-8-25-9-7-19/h4-5,10,16H,3,6-9,11H2,1-2H3,(H,18,22). The molecule has 1 fully saturated rings. The van der Waals surface area contributed by atoms with E-state index < -0.39 is 16.1 Å². The number of hydrogen-bond donors (Lipinski definition) is 1. The molecule has 1 aromatic rings. The van der Waals surface area contributed by atoms with Crippen molar-refractivity contribution >= 4 is 27.5 Å². The lowest BCUT2D eigenvalue weighted by molar-refractivity contribution is -0.125. The van der Waals surface area contributed by atoms with E-state index >= 15 is 0 Å². The van der Waals surface area contributed by atoms with Crippen molar-refractivity contribution in [2.24, 2.45) is 0 Å². The molecule has 0 bridgehead atoms. The predicted molar refractivity (Wildman–Crippen MR) is 95.4 cm³/mol. The first kappa shape index (κ1) is 18.8. The largest absolute Gasteiger partial charge is 0.379 e. The number of amides is 2. The van der Waals surface area contributed by atoms with Gasteiger partial charge in [0, 0.05) is 38.7 Å². The van der Waals surface area contributed by atoms with Crippen molar-refractivity contribution in [3.63, 3.8) is 0 Å². The Kier molecular flexibility index (Phi) is 5.31. The fourth-order valence-electron chi connectivity index (χ4n) is 3.42. The van der Waals surface area contributed by atoms with Gasteiger partial charge in [0.1, 0.15) is 6.04 Å². The molecule has 1 N–H and O–H groups in total. The molecular weight excluding hydrogens is 358 g/mol. The fourth-order valence-corrected chi connectivity index (χ4v) is 4.87. The Morgan fingerprint density at radius 2 is 1.96 bits per heavy atom. The number of anilines is 1. The van der Waals surface area contributed by atoms with Gasteiger partial charge in [0.2, 0.25) is 21.8 Å². The third-order valence-electron chi connectivity index (χ3n) is 4.64. The highest BCUT2D eigenvalue weighted by molar-refractivity contribution is 7.89.